The quantitative estimate of drug-likeness (QED) is 0.0689. The molecule has 2 aromatic rings. The number of hydrogen-bond donors (Lipinski definition) is 0. The summed E-state index contributed by atoms with van der Waals surface area (Å²) < 4.78 is 26.3. The van der Waals surface area contributed by atoms with Crippen molar-refractivity contribution in [2.45, 2.75) is 192 Å². The molecule has 0 unspecified atom stereocenters. The zero-order valence-electron chi connectivity index (χ0n) is 33.0. The molecule has 5 nitrogen and oxygen atoms in total. The molecule has 4 rings (SSSR count). The van der Waals surface area contributed by atoms with E-state index in [9.17, 15) is 4.79 Å². The second-order valence-corrected chi connectivity index (χ2v) is 21.0. The summed E-state index contributed by atoms with van der Waals surface area (Å²) in [4.78, 5) is 11.9. The molecule has 284 valence electrons. The maximum Gasteiger partial charge on any atom is 0.330 e. The van der Waals surface area contributed by atoms with Crippen LogP contribution < -0.4 is 10.4 Å². The number of benzene rings is 2. The molecule has 1 saturated heterocycles. The fourth-order valence-electron chi connectivity index (χ4n) is 8.33. The lowest BCUT2D eigenvalue weighted by molar-refractivity contribution is -0.304. The largest absolute Gasteiger partial charge is 0.459 e. The summed E-state index contributed by atoms with van der Waals surface area (Å²) in [7, 11) is -2.70. The Hall–Kier alpha value is -2.25. The van der Waals surface area contributed by atoms with Gasteiger partial charge in [-0.3, -0.25) is 0 Å². The van der Waals surface area contributed by atoms with Crippen LogP contribution in [0.25, 0.3) is 0 Å². The van der Waals surface area contributed by atoms with Crippen LogP contribution in [0.4, 0.5) is 0 Å². The molecule has 0 spiro atoms. The molecule has 2 aliphatic heterocycles. The average Bonchev–Trinajstić information content (AvgIpc) is 3.09. The van der Waals surface area contributed by atoms with Gasteiger partial charge in [0.1, 0.15) is 6.10 Å². The normalized spacial score (nSPS) is 21.4. The number of unbranched alkanes of at least 4 members (excludes halogenated alkanes) is 11. The van der Waals surface area contributed by atoms with Crippen LogP contribution in [0.15, 0.2) is 72.8 Å². The molecule has 0 aliphatic carbocycles. The molecule has 6 heteroatoms. The highest BCUT2D eigenvalue weighted by Gasteiger charge is 2.51. The smallest absolute Gasteiger partial charge is 0.330 e. The van der Waals surface area contributed by atoms with Gasteiger partial charge in [0.15, 0.2) is 5.79 Å². The second kappa shape index (κ2) is 20.8. The SMILES string of the molecule is CCCCCCCCCCCCCC[C@@H](CC[C@H]1C[C@@H](C[C@H]2CC=CC(=O)O2)OC(C)(C)O1)O[Si](c1ccccc1)(c1ccccc1)C(C)(C)C. The minimum atomic E-state index is -2.70. The number of rotatable bonds is 22. The van der Waals surface area contributed by atoms with Crippen LogP contribution in [-0.2, 0) is 23.4 Å². The number of carbonyl (C=O) groups excluding carboxylic acids is 1. The number of esters is 1. The molecule has 0 bridgehead atoms. The summed E-state index contributed by atoms with van der Waals surface area (Å²) in [5.74, 6) is -0.943. The third kappa shape index (κ3) is 13.3. The van der Waals surface area contributed by atoms with Crippen LogP contribution >= 0.6 is 0 Å². The first-order valence-electron chi connectivity index (χ1n) is 20.5. The zero-order valence-corrected chi connectivity index (χ0v) is 34.0. The van der Waals surface area contributed by atoms with E-state index in [0.717, 1.165) is 32.1 Å². The summed E-state index contributed by atoms with van der Waals surface area (Å²) in [5.41, 5.74) is 0. The molecule has 0 N–H and O–H groups in total. The van der Waals surface area contributed by atoms with Crippen LogP contribution in [0.1, 0.15) is 157 Å². The third-order valence-electron chi connectivity index (χ3n) is 10.8. The van der Waals surface area contributed by atoms with Gasteiger partial charge < -0.3 is 18.6 Å². The van der Waals surface area contributed by atoms with Crippen molar-refractivity contribution in [3.63, 3.8) is 0 Å². The van der Waals surface area contributed by atoms with Crippen molar-refractivity contribution < 1.29 is 23.4 Å². The minimum absolute atomic E-state index is 0.0181. The van der Waals surface area contributed by atoms with E-state index in [1.165, 1.54) is 93.5 Å². The van der Waals surface area contributed by atoms with Crippen molar-refractivity contribution >= 4 is 24.7 Å². The Morgan fingerprint density at radius 3 is 1.80 bits per heavy atom. The van der Waals surface area contributed by atoms with E-state index in [0.29, 0.717) is 6.42 Å². The Morgan fingerprint density at radius 2 is 1.27 bits per heavy atom. The second-order valence-electron chi connectivity index (χ2n) is 16.7. The Bertz CT molecular complexity index is 1250. The molecule has 0 radical (unpaired) electrons. The van der Waals surface area contributed by atoms with Gasteiger partial charge >= 0.3 is 5.97 Å². The third-order valence-corrected chi connectivity index (χ3v) is 15.9. The molecular weight excluding hydrogens is 649 g/mol. The van der Waals surface area contributed by atoms with Crippen molar-refractivity contribution in [2.24, 2.45) is 0 Å². The fraction of sp³-hybridized carbons (Fsp3) is 0.667. The molecule has 2 heterocycles. The molecule has 0 saturated carbocycles. The van der Waals surface area contributed by atoms with Gasteiger partial charge in [-0.25, -0.2) is 4.79 Å². The first-order chi connectivity index (χ1) is 24.5. The summed E-state index contributed by atoms with van der Waals surface area (Å²) in [5, 5.41) is 2.60. The van der Waals surface area contributed by atoms with Gasteiger partial charge in [-0.1, -0.05) is 171 Å². The summed E-state index contributed by atoms with van der Waals surface area (Å²) >= 11 is 0. The molecule has 2 aromatic carbocycles. The van der Waals surface area contributed by atoms with Gasteiger partial charge in [0.25, 0.3) is 8.32 Å². The fourth-order valence-corrected chi connectivity index (χ4v) is 13.1. The Labute approximate surface area is 312 Å². The van der Waals surface area contributed by atoms with Crippen molar-refractivity contribution in [1.82, 2.24) is 0 Å². The highest BCUT2D eigenvalue weighted by atomic mass is 28.4. The number of cyclic esters (lactones) is 1. The van der Waals surface area contributed by atoms with Crippen LogP contribution in [0.3, 0.4) is 0 Å². The van der Waals surface area contributed by atoms with E-state index in [2.05, 4.69) is 88.4 Å². The molecule has 0 aromatic heterocycles. The van der Waals surface area contributed by atoms with Gasteiger partial charge in [0.2, 0.25) is 0 Å². The highest BCUT2D eigenvalue weighted by Crippen LogP contribution is 2.39. The topological polar surface area (TPSA) is 54.0 Å². The van der Waals surface area contributed by atoms with Gasteiger partial charge in [-0.2, -0.15) is 0 Å². The predicted octanol–water partition coefficient (Wildman–Crippen LogP) is 11.0. The van der Waals surface area contributed by atoms with Crippen LogP contribution in [-0.4, -0.2) is 44.5 Å². The Kier molecular flexibility index (Phi) is 17.0. The van der Waals surface area contributed by atoms with E-state index < -0.39 is 14.1 Å². The van der Waals surface area contributed by atoms with E-state index >= 15 is 0 Å². The molecule has 0 amide bonds. The number of ether oxygens (including phenoxy) is 3. The Balaban J connectivity index is 1.45. The van der Waals surface area contributed by atoms with E-state index in [1.807, 2.05) is 19.9 Å². The molecule has 51 heavy (non-hydrogen) atoms. The van der Waals surface area contributed by atoms with Gasteiger partial charge in [0.05, 0.1) is 12.2 Å². The van der Waals surface area contributed by atoms with Gasteiger partial charge in [-0.15, -0.1) is 0 Å². The highest BCUT2D eigenvalue weighted by molar-refractivity contribution is 6.99. The van der Waals surface area contributed by atoms with Crippen LogP contribution in [0.5, 0.6) is 0 Å². The lowest BCUT2D eigenvalue weighted by Gasteiger charge is -2.46. The number of hydrogen-bond acceptors (Lipinski definition) is 5. The van der Waals surface area contributed by atoms with Crippen LogP contribution in [0.2, 0.25) is 5.04 Å². The number of carbonyl (C=O) groups is 1. The zero-order chi connectivity index (χ0) is 36.6. The average molecular weight is 719 g/mol. The van der Waals surface area contributed by atoms with Crippen LogP contribution in [0, 0.1) is 0 Å². The lowest BCUT2D eigenvalue weighted by atomic mass is 9.96. The van der Waals surface area contributed by atoms with E-state index in [-0.39, 0.29) is 35.4 Å². The van der Waals surface area contributed by atoms with Gasteiger partial charge in [-0.05, 0) is 48.5 Å². The Morgan fingerprint density at radius 1 is 0.745 bits per heavy atom. The summed E-state index contributed by atoms with van der Waals surface area (Å²) in [6, 6.07) is 22.1. The van der Waals surface area contributed by atoms with Crippen molar-refractivity contribution in [2.75, 3.05) is 0 Å². The minimum Gasteiger partial charge on any atom is -0.459 e. The molecule has 1 fully saturated rings. The van der Waals surface area contributed by atoms with Gasteiger partial charge in [0, 0.05) is 31.4 Å². The lowest BCUT2D eigenvalue weighted by Crippen LogP contribution is -2.67. The van der Waals surface area contributed by atoms with Crippen molar-refractivity contribution in [1.29, 1.82) is 0 Å². The molecule has 2 aliphatic rings. The maximum atomic E-state index is 11.9. The summed E-state index contributed by atoms with van der Waals surface area (Å²) in [6.45, 7) is 13.5. The standard InChI is InChI=1S/C45H70O5Si/c1-7-8-9-10-11-12-13-14-15-16-17-20-26-37(33-34-39-36-40(49-45(5,6)48-39)35-38-27-25-32-43(46)47-38)50-51(44(2,3)4,41-28-21-18-22-29-41)42-30-23-19-24-31-42/h18-19,21-25,28-32,37-40H,7-17,20,26-27,33-36H2,1-6H3/t37-,38+,39-,40+/m0/s1. The predicted molar refractivity (Wildman–Crippen MR) is 214 cm³/mol. The summed E-state index contributed by atoms with van der Waals surface area (Å²) in [6.07, 6.45) is 24.8. The maximum absolute atomic E-state index is 11.9. The first-order valence-corrected chi connectivity index (χ1v) is 22.4. The first kappa shape index (κ1) is 41.5. The monoisotopic (exact) mass is 718 g/mol. The van der Waals surface area contributed by atoms with E-state index in [1.54, 1.807) is 0 Å². The molecule has 4 atom stereocenters. The van der Waals surface area contributed by atoms with Crippen molar-refractivity contribution in [3.05, 3.63) is 72.8 Å². The molecular formula is C45H70O5Si. The van der Waals surface area contributed by atoms with Crippen molar-refractivity contribution in [3.8, 4) is 0 Å². The van der Waals surface area contributed by atoms with E-state index in [4.69, 9.17) is 18.6 Å².